The van der Waals surface area contributed by atoms with Crippen LogP contribution >= 0.6 is 38.5 Å². The zero-order chi connectivity index (χ0) is 14.7. The standard InChI is InChI=1S/C14H16BrIN2O2/c1-17-13(19)12-4-2-3-7-18(12)14(20)10-8-9(16)5-6-11(10)15/h5-6,8,12H,2-4,7H2,1H3,(H,17,19). The van der Waals surface area contributed by atoms with Crippen molar-refractivity contribution in [3.63, 3.8) is 0 Å². The highest BCUT2D eigenvalue weighted by Crippen LogP contribution is 2.25. The summed E-state index contributed by atoms with van der Waals surface area (Å²) >= 11 is 5.60. The Balaban J connectivity index is 2.30. The Hall–Kier alpha value is -0.630. The number of nitrogens with zero attached hydrogens (tertiary/aromatic N) is 1. The van der Waals surface area contributed by atoms with Crippen LogP contribution in [0.3, 0.4) is 0 Å². The average molecular weight is 451 g/mol. The van der Waals surface area contributed by atoms with E-state index < -0.39 is 0 Å². The first-order valence-corrected chi connectivity index (χ1v) is 8.39. The molecule has 2 amide bonds. The topological polar surface area (TPSA) is 49.4 Å². The van der Waals surface area contributed by atoms with Gasteiger partial charge in [-0.2, -0.15) is 0 Å². The van der Waals surface area contributed by atoms with Gasteiger partial charge in [0.25, 0.3) is 5.91 Å². The number of hydrogen-bond donors (Lipinski definition) is 1. The van der Waals surface area contributed by atoms with Gasteiger partial charge in [0.2, 0.25) is 5.91 Å². The monoisotopic (exact) mass is 450 g/mol. The second-order valence-corrected chi connectivity index (χ2v) is 6.85. The normalized spacial score (nSPS) is 18.8. The van der Waals surface area contributed by atoms with Crippen LogP contribution in [0.5, 0.6) is 0 Å². The molecule has 4 nitrogen and oxygen atoms in total. The lowest BCUT2D eigenvalue weighted by atomic mass is 10.00. The predicted octanol–water partition coefficient (Wildman–Crippen LogP) is 2.79. The molecule has 1 aromatic rings. The minimum Gasteiger partial charge on any atom is -0.357 e. The zero-order valence-electron chi connectivity index (χ0n) is 11.2. The Morgan fingerprint density at radius 1 is 1.40 bits per heavy atom. The number of halogens is 2. The van der Waals surface area contributed by atoms with Crippen molar-refractivity contribution < 1.29 is 9.59 Å². The molecule has 1 heterocycles. The van der Waals surface area contributed by atoms with Gasteiger partial charge in [-0.1, -0.05) is 0 Å². The number of likely N-dealkylation sites (tertiary alicyclic amines) is 1. The van der Waals surface area contributed by atoms with Gasteiger partial charge in [-0.15, -0.1) is 0 Å². The van der Waals surface area contributed by atoms with Crippen LogP contribution in [-0.4, -0.2) is 36.3 Å². The molecular formula is C14H16BrIN2O2. The fraction of sp³-hybridized carbons (Fsp3) is 0.429. The van der Waals surface area contributed by atoms with E-state index in [0.717, 1.165) is 27.3 Å². The molecule has 1 aromatic carbocycles. The van der Waals surface area contributed by atoms with Gasteiger partial charge in [0.1, 0.15) is 6.04 Å². The fourth-order valence-electron chi connectivity index (χ4n) is 2.43. The van der Waals surface area contributed by atoms with Gasteiger partial charge in [0.15, 0.2) is 0 Å². The maximum atomic E-state index is 12.7. The van der Waals surface area contributed by atoms with Crippen LogP contribution in [0.4, 0.5) is 0 Å². The molecule has 0 bridgehead atoms. The van der Waals surface area contributed by atoms with Crippen LogP contribution < -0.4 is 5.32 Å². The van der Waals surface area contributed by atoms with E-state index in [0.29, 0.717) is 12.1 Å². The second-order valence-electron chi connectivity index (χ2n) is 4.75. The fourth-order valence-corrected chi connectivity index (χ4v) is 3.34. The summed E-state index contributed by atoms with van der Waals surface area (Å²) in [6, 6.07) is 5.30. The summed E-state index contributed by atoms with van der Waals surface area (Å²) in [5, 5.41) is 2.65. The molecule has 1 unspecified atom stereocenters. The van der Waals surface area contributed by atoms with Gasteiger partial charge in [-0.05, 0) is 76.0 Å². The van der Waals surface area contributed by atoms with Crippen LogP contribution in [0.25, 0.3) is 0 Å². The van der Waals surface area contributed by atoms with Crippen LogP contribution in [0, 0.1) is 3.57 Å². The number of carbonyl (C=O) groups excluding carboxylic acids is 2. The highest BCUT2D eigenvalue weighted by atomic mass is 127. The first-order chi connectivity index (χ1) is 9.54. The quantitative estimate of drug-likeness (QED) is 0.704. The third-order valence-electron chi connectivity index (χ3n) is 3.47. The number of amides is 2. The Kier molecular flexibility index (Phi) is 5.42. The second kappa shape index (κ2) is 6.89. The van der Waals surface area contributed by atoms with Crippen molar-refractivity contribution in [1.29, 1.82) is 0 Å². The Bertz CT molecular complexity index is 536. The SMILES string of the molecule is CNC(=O)C1CCCCN1C(=O)c1cc(I)ccc1Br. The van der Waals surface area contributed by atoms with Gasteiger partial charge in [-0.25, -0.2) is 0 Å². The summed E-state index contributed by atoms with van der Waals surface area (Å²) in [5.41, 5.74) is 0.618. The van der Waals surface area contributed by atoms with Crippen molar-refractivity contribution >= 4 is 50.3 Å². The maximum Gasteiger partial charge on any atom is 0.255 e. The van der Waals surface area contributed by atoms with Crippen molar-refractivity contribution in [3.05, 3.63) is 31.8 Å². The lowest BCUT2D eigenvalue weighted by Crippen LogP contribution is -2.51. The summed E-state index contributed by atoms with van der Waals surface area (Å²) in [5.74, 6) is -0.163. The minimum atomic E-state index is -0.356. The lowest BCUT2D eigenvalue weighted by molar-refractivity contribution is -0.126. The van der Waals surface area contributed by atoms with E-state index in [1.54, 1.807) is 11.9 Å². The lowest BCUT2D eigenvalue weighted by Gasteiger charge is -2.34. The molecule has 2 rings (SSSR count). The van der Waals surface area contributed by atoms with E-state index in [2.05, 4.69) is 43.8 Å². The smallest absolute Gasteiger partial charge is 0.255 e. The average Bonchev–Trinajstić information content (AvgIpc) is 2.48. The summed E-state index contributed by atoms with van der Waals surface area (Å²) in [6.07, 6.45) is 2.66. The number of carbonyl (C=O) groups is 2. The third kappa shape index (κ3) is 3.33. The minimum absolute atomic E-state index is 0.0799. The largest absolute Gasteiger partial charge is 0.357 e. The molecule has 1 fully saturated rings. The van der Waals surface area contributed by atoms with Crippen molar-refractivity contribution in [2.75, 3.05) is 13.6 Å². The van der Waals surface area contributed by atoms with Crippen LogP contribution in [0.1, 0.15) is 29.6 Å². The number of rotatable bonds is 2. The molecule has 1 N–H and O–H groups in total. The molecule has 0 radical (unpaired) electrons. The van der Waals surface area contributed by atoms with Gasteiger partial charge < -0.3 is 10.2 Å². The van der Waals surface area contributed by atoms with Crippen LogP contribution in [0.2, 0.25) is 0 Å². The van der Waals surface area contributed by atoms with E-state index in [-0.39, 0.29) is 17.9 Å². The van der Waals surface area contributed by atoms with E-state index in [1.807, 2.05) is 18.2 Å². The van der Waals surface area contributed by atoms with E-state index in [4.69, 9.17) is 0 Å². The summed E-state index contributed by atoms with van der Waals surface area (Å²) in [7, 11) is 1.61. The van der Waals surface area contributed by atoms with Gasteiger partial charge in [0.05, 0.1) is 5.56 Å². The third-order valence-corrected chi connectivity index (χ3v) is 4.83. The molecule has 0 spiro atoms. The zero-order valence-corrected chi connectivity index (χ0v) is 14.9. The summed E-state index contributed by atoms with van der Waals surface area (Å²) in [4.78, 5) is 26.4. The van der Waals surface area contributed by atoms with Crippen molar-refractivity contribution in [1.82, 2.24) is 10.2 Å². The van der Waals surface area contributed by atoms with E-state index in [9.17, 15) is 9.59 Å². The Labute approximate surface area is 140 Å². The number of hydrogen-bond acceptors (Lipinski definition) is 2. The van der Waals surface area contributed by atoms with Crippen molar-refractivity contribution in [2.24, 2.45) is 0 Å². The molecule has 1 aliphatic rings. The highest BCUT2D eigenvalue weighted by Gasteiger charge is 2.32. The molecule has 20 heavy (non-hydrogen) atoms. The molecule has 6 heteroatoms. The predicted molar refractivity (Wildman–Crippen MR) is 89.6 cm³/mol. The number of piperidine rings is 1. The van der Waals surface area contributed by atoms with Crippen molar-refractivity contribution in [2.45, 2.75) is 25.3 Å². The molecule has 0 aliphatic carbocycles. The Morgan fingerprint density at radius 2 is 2.15 bits per heavy atom. The Morgan fingerprint density at radius 3 is 2.85 bits per heavy atom. The number of likely N-dealkylation sites (N-methyl/N-ethyl adjacent to an activating group) is 1. The number of nitrogens with one attached hydrogen (secondary N) is 1. The van der Waals surface area contributed by atoms with E-state index >= 15 is 0 Å². The van der Waals surface area contributed by atoms with E-state index in [1.165, 1.54) is 0 Å². The summed E-state index contributed by atoms with van der Waals surface area (Å²) in [6.45, 7) is 0.634. The first kappa shape index (κ1) is 15.8. The summed E-state index contributed by atoms with van der Waals surface area (Å²) < 4.78 is 1.77. The van der Waals surface area contributed by atoms with Crippen LogP contribution in [0.15, 0.2) is 22.7 Å². The van der Waals surface area contributed by atoms with Gasteiger partial charge in [0, 0.05) is 21.6 Å². The molecule has 1 atom stereocenters. The molecule has 108 valence electrons. The highest BCUT2D eigenvalue weighted by molar-refractivity contribution is 14.1. The number of benzene rings is 1. The molecule has 0 saturated carbocycles. The molecule has 0 aromatic heterocycles. The van der Waals surface area contributed by atoms with Gasteiger partial charge >= 0.3 is 0 Å². The molecule has 1 saturated heterocycles. The van der Waals surface area contributed by atoms with Crippen LogP contribution in [-0.2, 0) is 4.79 Å². The van der Waals surface area contributed by atoms with Crippen molar-refractivity contribution in [3.8, 4) is 0 Å². The van der Waals surface area contributed by atoms with Gasteiger partial charge in [-0.3, -0.25) is 9.59 Å². The first-order valence-electron chi connectivity index (χ1n) is 6.52. The maximum absolute atomic E-state index is 12.7. The molecular weight excluding hydrogens is 435 g/mol. The molecule has 1 aliphatic heterocycles.